The van der Waals surface area contributed by atoms with Gasteiger partial charge in [-0.3, -0.25) is 14.9 Å². The molecule has 0 spiro atoms. The fourth-order valence-corrected chi connectivity index (χ4v) is 4.47. The summed E-state index contributed by atoms with van der Waals surface area (Å²) in [6, 6.07) is 12.3. The van der Waals surface area contributed by atoms with Crippen LogP contribution in [0.25, 0.3) is 5.57 Å². The topological polar surface area (TPSA) is 87.8 Å². The average molecular weight is 439 g/mol. The van der Waals surface area contributed by atoms with Crippen molar-refractivity contribution in [3.05, 3.63) is 69.8 Å². The van der Waals surface area contributed by atoms with E-state index in [1.165, 1.54) is 40.7 Å². The van der Waals surface area contributed by atoms with Crippen LogP contribution in [0.1, 0.15) is 38.8 Å². The minimum atomic E-state index is -0.450. The Morgan fingerprint density at radius 2 is 1.97 bits per heavy atom. The highest BCUT2D eigenvalue weighted by molar-refractivity contribution is 8.00. The average Bonchev–Trinajstić information content (AvgIpc) is 2.72. The Morgan fingerprint density at radius 1 is 1.26 bits per heavy atom. The van der Waals surface area contributed by atoms with Crippen LogP contribution in [0.4, 0.5) is 11.4 Å². The number of likely N-dealkylation sites (N-methyl/N-ethyl adjacent to an activating group) is 1. The number of amides is 1. The lowest BCUT2D eigenvalue weighted by molar-refractivity contribution is -0.384. The molecule has 1 aliphatic rings. The molecule has 162 valence electrons. The van der Waals surface area contributed by atoms with Crippen LogP contribution in [-0.2, 0) is 4.79 Å². The molecule has 0 saturated carbocycles. The third kappa shape index (κ3) is 5.32. The standard InChI is InChI=1S/C23H26N4O3S/c1-5-26-21-11-6-17(12-20(21)16(2)13-23(26,3)4)14-24-25-22(28)15-31-19-9-7-18(8-10-19)27(29)30/h6-14H,5,15H2,1-4H3,(H,25,28)/b24-14-. The van der Waals surface area contributed by atoms with Gasteiger partial charge in [-0.1, -0.05) is 12.1 Å². The normalized spacial score (nSPS) is 14.8. The van der Waals surface area contributed by atoms with Crippen molar-refractivity contribution in [2.45, 2.75) is 38.1 Å². The van der Waals surface area contributed by atoms with E-state index < -0.39 is 4.92 Å². The van der Waals surface area contributed by atoms with Crippen LogP contribution < -0.4 is 10.3 Å². The van der Waals surface area contributed by atoms with Crippen molar-refractivity contribution in [3.8, 4) is 0 Å². The number of carbonyl (C=O) groups excluding carboxylic acids is 1. The molecular weight excluding hydrogens is 412 g/mol. The quantitative estimate of drug-likeness (QED) is 0.289. The summed E-state index contributed by atoms with van der Waals surface area (Å²) in [5.41, 5.74) is 7.03. The Balaban J connectivity index is 1.59. The molecule has 0 fully saturated rings. The van der Waals surface area contributed by atoms with Gasteiger partial charge in [0.1, 0.15) is 0 Å². The second kappa shape index (κ2) is 9.34. The second-order valence-electron chi connectivity index (χ2n) is 7.83. The van der Waals surface area contributed by atoms with Gasteiger partial charge >= 0.3 is 0 Å². The fraction of sp³-hybridized carbons (Fsp3) is 0.304. The first-order valence-corrected chi connectivity index (χ1v) is 11.0. The molecule has 0 saturated heterocycles. The molecule has 1 aliphatic heterocycles. The SMILES string of the molecule is CCN1c2ccc(/C=N\NC(=O)CSc3ccc([N+](=O)[O-])cc3)cc2C(C)=CC1(C)C. The van der Waals surface area contributed by atoms with Gasteiger partial charge in [0.2, 0.25) is 5.91 Å². The second-order valence-corrected chi connectivity index (χ2v) is 8.88. The number of anilines is 1. The van der Waals surface area contributed by atoms with E-state index in [1.54, 1.807) is 18.3 Å². The Hall–Kier alpha value is -3.13. The number of allylic oxidation sites excluding steroid dienone is 1. The van der Waals surface area contributed by atoms with E-state index in [9.17, 15) is 14.9 Å². The summed E-state index contributed by atoms with van der Waals surface area (Å²) in [4.78, 5) is 25.4. The number of hydrogen-bond donors (Lipinski definition) is 1. The summed E-state index contributed by atoms with van der Waals surface area (Å²) in [6.45, 7) is 9.61. The Morgan fingerprint density at radius 3 is 2.61 bits per heavy atom. The van der Waals surface area contributed by atoms with Gasteiger partial charge in [0.15, 0.2) is 0 Å². The molecule has 2 aromatic carbocycles. The molecule has 0 aliphatic carbocycles. The number of fused-ring (bicyclic) bond motifs is 1. The molecule has 1 amide bonds. The largest absolute Gasteiger partial charge is 0.363 e. The first-order chi connectivity index (χ1) is 14.7. The molecule has 1 N–H and O–H groups in total. The van der Waals surface area contributed by atoms with Gasteiger partial charge in [0, 0.05) is 34.8 Å². The van der Waals surface area contributed by atoms with Gasteiger partial charge < -0.3 is 4.90 Å². The molecular formula is C23H26N4O3S. The summed E-state index contributed by atoms with van der Waals surface area (Å²) in [7, 11) is 0. The zero-order chi connectivity index (χ0) is 22.6. The fourth-order valence-electron chi connectivity index (χ4n) is 3.78. The Bertz CT molecular complexity index is 1050. The van der Waals surface area contributed by atoms with E-state index in [-0.39, 0.29) is 22.9 Å². The molecule has 8 heteroatoms. The molecule has 31 heavy (non-hydrogen) atoms. The molecule has 0 unspecified atom stereocenters. The van der Waals surface area contributed by atoms with Crippen molar-refractivity contribution >= 4 is 40.8 Å². The highest BCUT2D eigenvalue weighted by atomic mass is 32.2. The Labute approximate surface area is 186 Å². The summed E-state index contributed by atoms with van der Waals surface area (Å²) in [5.74, 6) is -0.0746. The number of hydrazone groups is 1. The van der Waals surface area contributed by atoms with Crippen LogP contribution in [-0.4, -0.2) is 34.9 Å². The van der Waals surface area contributed by atoms with E-state index in [0.29, 0.717) is 0 Å². The van der Waals surface area contributed by atoms with E-state index in [1.807, 2.05) is 6.07 Å². The van der Waals surface area contributed by atoms with Gasteiger partial charge in [-0.05, 0) is 63.1 Å². The molecule has 3 rings (SSSR count). The van der Waals surface area contributed by atoms with Crippen molar-refractivity contribution in [2.24, 2.45) is 5.10 Å². The van der Waals surface area contributed by atoms with Crippen molar-refractivity contribution in [1.82, 2.24) is 5.43 Å². The zero-order valence-electron chi connectivity index (χ0n) is 18.1. The molecule has 7 nitrogen and oxygen atoms in total. The lowest BCUT2D eigenvalue weighted by Gasteiger charge is -2.42. The lowest BCUT2D eigenvalue weighted by Crippen LogP contribution is -2.44. The van der Waals surface area contributed by atoms with Gasteiger partial charge in [0.25, 0.3) is 5.69 Å². The number of nitro groups is 1. The van der Waals surface area contributed by atoms with Crippen molar-refractivity contribution in [2.75, 3.05) is 17.2 Å². The molecule has 2 aromatic rings. The number of nitro benzene ring substituents is 1. The third-order valence-corrected chi connectivity index (χ3v) is 6.15. The van der Waals surface area contributed by atoms with Crippen LogP contribution >= 0.6 is 11.8 Å². The summed E-state index contributed by atoms with van der Waals surface area (Å²) in [6.07, 6.45) is 3.91. The molecule has 0 bridgehead atoms. The molecule has 1 heterocycles. The number of benzene rings is 2. The van der Waals surface area contributed by atoms with Crippen LogP contribution in [0, 0.1) is 10.1 Å². The van der Waals surface area contributed by atoms with Crippen molar-refractivity contribution in [1.29, 1.82) is 0 Å². The predicted octanol–water partition coefficient (Wildman–Crippen LogP) is 4.86. The van der Waals surface area contributed by atoms with Gasteiger partial charge in [0.05, 0.1) is 22.4 Å². The zero-order valence-corrected chi connectivity index (χ0v) is 18.9. The monoisotopic (exact) mass is 438 g/mol. The van der Waals surface area contributed by atoms with Crippen LogP contribution in [0.15, 0.2) is 58.5 Å². The summed E-state index contributed by atoms with van der Waals surface area (Å²) in [5, 5.41) is 14.8. The number of rotatable bonds is 7. The smallest absolute Gasteiger partial charge is 0.269 e. The number of hydrogen-bond acceptors (Lipinski definition) is 6. The maximum absolute atomic E-state index is 12.1. The number of nitrogens with zero attached hydrogens (tertiary/aromatic N) is 3. The van der Waals surface area contributed by atoms with Gasteiger partial charge in [-0.2, -0.15) is 5.10 Å². The molecule has 0 aromatic heterocycles. The van der Waals surface area contributed by atoms with Crippen LogP contribution in [0.3, 0.4) is 0 Å². The van der Waals surface area contributed by atoms with Crippen molar-refractivity contribution in [3.63, 3.8) is 0 Å². The Kier molecular flexibility index (Phi) is 6.80. The number of carbonyl (C=O) groups is 1. The van der Waals surface area contributed by atoms with Crippen LogP contribution in [0.2, 0.25) is 0 Å². The highest BCUT2D eigenvalue weighted by Gasteiger charge is 2.29. The number of thioether (sulfide) groups is 1. The predicted molar refractivity (Wildman–Crippen MR) is 127 cm³/mol. The summed E-state index contributed by atoms with van der Waals surface area (Å²) < 4.78 is 0. The minimum absolute atomic E-state index is 0.0270. The third-order valence-electron chi connectivity index (χ3n) is 5.14. The molecule has 0 atom stereocenters. The van der Waals surface area contributed by atoms with Gasteiger partial charge in [-0.25, -0.2) is 5.43 Å². The summed E-state index contributed by atoms with van der Waals surface area (Å²) >= 11 is 1.30. The van der Waals surface area contributed by atoms with Crippen LogP contribution in [0.5, 0.6) is 0 Å². The van der Waals surface area contributed by atoms with Gasteiger partial charge in [-0.15, -0.1) is 11.8 Å². The highest BCUT2D eigenvalue weighted by Crippen LogP contribution is 2.38. The maximum Gasteiger partial charge on any atom is 0.269 e. The van der Waals surface area contributed by atoms with E-state index in [4.69, 9.17) is 0 Å². The molecule has 0 radical (unpaired) electrons. The maximum atomic E-state index is 12.1. The first-order valence-electron chi connectivity index (χ1n) is 10.0. The first kappa shape index (κ1) is 22.6. The van der Waals surface area contributed by atoms with E-state index in [0.717, 1.165) is 17.0 Å². The number of non-ortho nitro benzene ring substituents is 1. The van der Waals surface area contributed by atoms with E-state index in [2.05, 4.69) is 61.3 Å². The minimum Gasteiger partial charge on any atom is -0.363 e. The van der Waals surface area contributed by atoms with E-state index >= 15 is 0 Å². The lowest BCUT2D eigenvalue weighted by atomic mass is 9.88. The van der Waals surface area contributed by atoms with Crippen molar-refractivity contribution < 1.29 is 9.72 Å². The number of nitrogens with one attached hydrogen (secondary N) is 1.